The number of carbonyl (C=O) groups excluding carboxylic acids is 1. The van der Waals surface area contributed by atoms with Gasteiger partial charge < -0.3 is 10.7 Å². The standard InChI is InChI=1S/C13H14BrN5O/c1-7-3-11(16-6-10(7)14)18-13(20)9-4-8(2)17-12(5-9)19-15/h3-6H,15H2,1-2H3,(H,17,19)(H,16,18,20). The lowest BCUT2D eigenvalue weighted by Gasteiger charge is -2.08. The molecule has 0 spiro atoms. The molecule has 0 fully saturated rings. The van der Waals surface area contributed by atoms with Gasteiger partial charge in [-0.2, -0.15) is 0 Å². The minimum atomic E-state index is -0.263. The number of nitrogens with one attached hydrogen (secondary N) is 2. The number of hydrogen-bond acceptors (Lipinski definition) is 5. The van der Waals surface area contributed by atoms with E-state index in [0.29, 0.717) is 22.9 Å². The van der Waals surface area contributed by atoms with Crippen molar-refractivity contribution in [2.24, 2.45) is 5.84 Å². The van der Waals surface area contributed by atoms with Crippen LogP contribution in [0.5, 0.6) is 0 Å². The van der Waals surface area contributed by atoms with Gasteiger partial charge in [0, 0.05) is 21.9 Å². The van der Waals surface area contributed by atoms with Crippen molar-refractivity contribution in [2.75, 3.05) is 10.7 Å². The van der Waals surface area contributed by atoms with Crippen LogP contribution in [0.1, 0.15) is 21.6 Å². The van der Waals surface area contributed by atoms with Crippen molar-refractivity contribution in [2.45, 2.75) is 13.8 Å². The summed E-state index contributed by atoms with van der Waals surface area (Å²) < 4.78 is 0.893. The number of carbonyl (C=O) groups is 1. The van der Waals surface area contributed by atoms with Crippen molar-refractivity contribution in [3.8, 4) is 0 Å². The summed E-state index contributed by atoms with van der Waals surface area (Å²) in [6, 6.07) is 5.05. The van der Waals surface area contributed by atoms with E-state index in [1.165, 1.54) is 0 Å². The van der Waals surface area contributed by atoms with Crippen molar-refractivity contribution >= 4 is 33.5 Å². The topological polar surface area (TPSA) is 92.9 Å². The molecule has 0 radical (unpaired) electrons. The number of anilines is 2. The normalized spacial score (nSPS) is 10.2. The van der Waals surface area contributed by atoms with Gasteiger partial charge in [-0.25, -0.2) is 15.8 Å². The maximum atomic E-state index is 12.2. The zero-order valence-corrected chi connectivity index (χ0v) is 12.7. The number of pyridine rings is 2. The van der Waals surface area contributed by atoms with E-state index >= 15 is 0 Å². The highest BCUT2D eigenvalue weighted by Crippen LogP contribution is 2.18. The fraction of sp³-hybridized carbons (Fsp3) is 0.154. The number of nitrogen functional groups attached to an aromatic ring is 1. The molecule has 0 bridgehead atoms. The third kappa shape index (κ3) is 3.31. The number of nitrogens with zero attached hydrogens (tertiary/aromatic N) is 2. The van der Waals surface area contributed by atoms with Gasteiger partial charge >= 0.3 is 0 Å². The zero-order chi connectivity index (χ0) is 14.7. The molecule has 0 aliphatic rings. The number of hydrazine groups is 1. The molecule has 2 heterocycles. The fourth-order valence-electron chi connectivity index (χ4n) is 1.67. The van der Waals surface area contributed by atoms with Crippen molar-refractivity contribution in [3.63, 3.8) is 0 Å². The number of hydrogen-bond donors (Lipinski definition) is 3. The molecule has 2 rings (SSSR count). The molecular weight excluding hydrogens is 322 g/mol. The Balaban J connectivity index is 2.23. The van der Waals surface area contributed by atoms with Crippen LogP contribution in [-0.2, 0) is 0 Å². The van der Waals surface area contributed by atoms with Crippen molar-refractivity contribution < 1.29 is 4.79 Å². The maximum Gasteiger partial charge on any atom is 0.257 e. The smallest absolute Gasteiger partial charge is 0.257 e. The summed E-state index contributed by atoms with van der Waals surface area (Å²) in [5, 5.41) is 2.74. The molecule has 0 aliphatic heterocycles. The minimum Gasteiger partial charge on any atom is -0.308 e. The zero-order valence-electron chi connectivity index (χ0n) is 11.1. The van der Waals surface area contributed by atoms with Crippen molar-refractivity contribution in [1.82, 2.24) is 9.97 Å². The van der Waals surface area contributed by atoms with Gasteiger partial charge in [0.2, 0.25) is 0 Å². The Kier molecular flexibility index (Phi) is 4.31. The third-order valence-corrected chi connectivity index (χ3v) is 3.48. The van der Waals surface area contributed by atoms with E-state index < -0.39 is 0 Å². The van der Waals surface area contributed by atoms with E-state index in [9.17, 15) is 4.79 Å². The quantitative estimate of drug-likeness (QED) is 0.591. The Bertz CT molecular complexity index is 659. The number of aromatic nitrogens is 2. The van der Waals surface area contributed by atoms with Gasteiger partial charge in [0.25, 0.3) is 5.91 Å². The monoisotopic (exact) mass is 335 g/mol. The maximum absolute atomic E-state index is 12.2. The molecule has 0 unspecified atom stereocenters. The first-order valence-electron chi connectivity index (χ1n) is 5.88. The summed E-state index contributed by atoms with van der Waals surface area (Å²) in [6.45, 7) is 3.72. The summed E-state index contributed by atoms with van der Waals surface area (Å²) >= 11 is 3.36. The van der Waals surface area contributed by atoms with Crippen LogP contribution in [0.2, 0.25) is 0 Å². The van der Waals surface area contributed by atoms with Crippen LogP contribution in [0.3, 0.4) is 0 Å². The van der Waals surface area contributed by atoms with Gasteiger partial charge in [-0.05, 0) is 53.5 Å². The molecule has 104 valence electrons. The lowest BCUT2D eigenvalue weighted by atomic mass is 10.2. The van der Waals surface area contributed by atoms with Crippen LogP contribution in [0.25, 0.3) is 0 Å². The van der Waals surface area contributed by atoms with E-state index in [4.69, 9.17) is 5.84 Å². The van der Waals surface area contributed by atoms with Gasteiger partial charge in [0.1, 0.15) is 11.6 Å². The second-order valence-electron chi connectivity index (χ2n) is 4.30. The van der Waals surface area contributed by atoms with Crippen LogP contribution in [0, 0.1) is 13.8 Å². The lowest BCUT2D eigenvalue weighted by Crippen LogP contribution is -2.15. The Morgan fingerprint density at radius 2 is 2.00 bits per heavy atom. The Morgan fingerprint density at radius 1 is 1.25 bits per heavy atom. The van der Waals surface area contributed by atoms with Crippen LogP contribution in [0.4, 0.5) is 11.6 Å². The number of aryl methyl sites for hydroxylation is 2. The third-order valence-electron chi connectivity index (χ3n) is 2.65. The predicted octanol–water partition coefficient (Wildman–Crippen LogP) is 2.39. The molecule has 0 aliphatic carbocycles. The average molecular weight is 336 g/mol. The van der Waals surface area contributed by atoms with E-state index in [1.54, 1.807) is 31.3 Å². The molecule has 0 saturated heterocycles. The molecule has 0 atom stereocenters. The molecular formula is C13H14BrN5O. The second-order valence-corrected chi connectivity index (χ2v) is 5.15. The summed E-state index contributed by atoms with van der Waals surface area (Å²) in [5.41, 5.74) is 4.59. The molecule has 1 amide bonds. The highest BCUT2D eigenvalue weighted by molar-refractivity contribution is 9.10. The van der Waals surface area contributed by atoms with E-state index in [-0.39, 0.29) is 5.91 Å². The molecule has 0 saturated carbocycles. The molecule has 20 heavy (non-hydrogen) atoms. The molecule has 2 aromatic rings. The SMILES string of the molecule is Cc1cc(C(=O)Nc2cc(C)c(Br)cn2)cc(NN)n1. The summed E-state index contributed by atoms with van der Waals surface area (Å²) in [4.78, 5) is 20.4. The van der Waals surface area contributed by atoms with E-state index in [0.717, 1.165) is 10.0 Å². The highest BCUT2D eigenvalue weighted by Gasteiger charge is 2.10. The number of halogens is 1. The van der Waals surface area contributed by atoms with E-state index in [2.05, 4.69) is 36.6 Å². The first-order chi connectivity index (χ1) is 9.49. The van der Waals surface area contributed by atoms with Crippen molar-refractivity contribution in [3.05, 3.63) is 45.7 Å². The Labute approximate surface area is 124 Å². The number of nitrogens with two attached hydrogens (primary N) is 1. The molecule has 2 aromatic heterocycles. The first-order valence-corrected chi connectivity index (χ1v) is 6.67. The number of amides is 1. The van der Waals surface area contributed by atoms with Crippen LogP contribution < -0.4 is 16.6 Å². The van der Waals surface area contributed by atoms with Crippen molar-refractivity contribution in [1.29, 1.82) is 0 Å². The molecule has 6 nitrogen and oxygen atoms in total. The summed E-state index contributed by atoms with van der Waals surface area (Å²) in [6.07, 6.45) is 1.65. The van der Waals surface area contributed by atoms with Crippen LogP contribution >= 0.6 is 15.9 Å². The Morgan fingerprint density at radius 3 is 2.65 bits per heavy atom. The minimum absolute atomic E-state index is 0.263. The fourth-order valence-corrected chi connectivity index (χ4v) is 1.89. The van der Waals surface area contributed by atoms with Gasteiger partial charge in [-0.1, -0.05) is 0 Å². The number of rotatable bonds is 3. The van der Waals surface area contributed by atoms with Gasteiger partial charge in [-0.15, -0.1) is 0 Å². The van der Waals surface area contributed by atoms with Gasteiger partial charge in [0.15, 0.2) is 0 Å². The molecule has 0 aromatic carbocycles. The second kappa shape index (κ2) is 5.98. The largest absolute Gasteiger partial charge is 0.308 e. The molecule has 4 N–H and O–H groups in total. The van der Waals surface area contributed by atoms with E-state index in [1.807, 2.05) is 6.92 Å². The first kappa shape index (κ1) is 14.4. The lowest BCUT2D eigenvalue weighted by molar-refractivity contribution is 0.102. The Hall–Kier alpha value is -1.99. The summed E-state index contributed by atoms with van der Waals surface area (Å²) in [7, 11) is 0. The molecule has 7 heteroatoms. The highest BCUT2D eigenvalue weighted by atomic mass is 79.9. The van der Waals surface area contributed by atoms with Gasteiger partial charge in [0.05, 0.1) is 0 Å². The van der Waals surface area contributed by atoms with Crippen LogP contribution in [-0.4, -0.2) is 15.9 Å². The van der Waals surface area contributed by atoms with Crippen LogP contribution in [0.15, 0.2) is 28.9 Å². The summed E-state index contributed by atoms with van der Waals surface area (Å²) in [5.74, 6) is 5.99. The average Bonchev–Trinajstić information content (AvgIpc) is 2.42. The predicted molar refractivity (Wildman–Crippen MR) is 81.4 cm³/mol. The van der Waals surface area contributed by atoms with Gasteiger partial charge in [-0.3, -0.25) is 4.79 Å².